The molecule has 0 aliphatic heterocycles. The number of rotatable bonds is 9. The summed E-state index contributed by atoms with van der Waals surface area (Å²) in [6.07, 6.45) is 4.84. The molecule has 3 rings (SSSR count). The second kappa shape index (κ2) is 11.6. The number of non-ortho nitro benzene ring substituents is 2. The number of carbonyl (C=O) groups is 2. The van der Waals surface area contributed by atoms with Crippen molar-refractivity contribution in [3.05, 3.63) is 120 Å². The van der Waals surface area contributed by atoms with Gasteiger partial charge in [0.2, 0.25) is 11.8 Å². The Morgan fingerprint density at radius 1 is 0.649 bits per heavy atom. The molecular formula is C24H17N5O8. The maximum Gasteiger partial charge on any atom is 0.292 e. The number of carbonyl (C=O) groups excluding carboxylic acids is 2. The number of anilines is 2. The zero-order valence-corrected chi connectivity index (χ0v) is 18.8. The molecule has 13 nitrogen and oxygen atoms in total. The number of nitrogens with zero attached hydrogens (tertiary/aromatic N) is 3. The van der Waals surface area contributed by atoms with Crippen LogP contribution in [0.5, 0.6) is 0 Å². The highest BCUT2D eigenvalue weighted by molar-refractivity contribution is 6.05. The van der Waals surface area contributed by atoms with Crippen molar-refractivity contribution in [1.82, 2.24) is 0 Å². The highest BCUT2D eigenvalue weighted by atomic mass is 16.6. The van der Waals surface area contributed by atoms with Gasteiger partial charge >= 0.3 is 0 Å². The van der Waals surface area contributed by atoms with Crippen molar-refractivity contribution in [1.29, 1.82) is 0 Å². The number of nitrogens with one attached hydrogen (secondary N) is 2. The molecule has 2 N–H and O–H groups in total. The first-order valence-electron chi connectivity index (χ1n) is 10.4. The van der Waals surface area contributed by atoms with E-state index in [2.05, 4.69) is 10.6 Å². The molecular weight excluding hydrogens is 486 g/mol. The van der Waals surface area contributed by atoms with Crippen molar-refractivity contribution in [3.8, 4) is 0 Å². The van der Waals surface area contributed by atoms with Crippen LogP contribution < -0.4 is 10.6 Å². The standard InChI is InChI=1S/C24H17N5O8/c30-23(11-7-16-3-1-5-19(13-16)27(32)33)25-18-9-10-22(29(36)37)21(15-18)26-24(31)12-8-17-4-2-6-20(14-17)28(34)35/h1-15H,(H,25,30)(H,26,31)/b11-7+,12-8+. The maximum atomic E-state index is 12.3. The summed E-state index contributed by atoms with van der Waals surface area (Å²) in [5.74, 6) is -1.37. The third-order valence-electron chi connectivity index (χ3n) is 4.74. The summed E-state index contributed by atoms with van der Waals surface area (Å²) in [5, 5.41) is 38.0. The normalized spacial score (nSPS) is 10.8. The van der Waals surface area contributed by atoms with Gasteiger partial charge in [0.15, 0.2) is 0 Å². The van der Waals surface area contributed by atoms with Gasteiger partial charge in [-0.2, -0.15) is 0 Å². The van der Waals surface area contributed by atoms with Crippen LogP contribution in [0, 0.1) is 30.3 Å². The summed E-state index contributed by atoms with van der Waals surface area (Å²) in [6.45, 7) is 0. The van der Waals surface area contributed by atoms with Gasteiger partial charge in [0.1, 0.15) is 5.69 Å². The van der Waals surface area contributed by atoms with Gasteiger partial charge in [0, 0.05) is 48.2 Å². The van der Waals surface area contributed by atoms with E-state index < -0.39 is 32.3 Å². The van der Waals surface area contributed by atoms with Crippen molar-refractivity contribution in [3.63, 3.8) is 0 Å². The zero-order valence-electron chi connectivity index (χ0n) is 18.8. The Morgan fingerprint density at radius 2 is 1.16 bits per heavy atom. The van der Waals surface area contributed by atoms with Crippen LogP contribution in [0.2, 0.25) is 0 Å². The summed E-state index contributed by atoms with van der Waals surface area (Å²) in [5.41, 5.74) is -0.00962. The van der Waals surface area contributed by atoms with E-state index in [1.54, 1.807) is 6.07 Å². The van der Waals surface area contributed by atoms with Crippen molar-refractivity contribution >= 4 is 52.4 Å². The molecule has 0 radical (unpaired) electrons. The van der Waals surface area contributed by atoms with E-state index in [1.165, 1.54) is 66.7 Å². The minimum atomic E-state index is -0.747. The molecule has 0 saturated carbocycles. The third kappa shape index (κ3) is 7.38. The number of nitro groups is 3. The maximum absolute atomic E-state index is 12.3. The lowest BCUT2D eigenvalue weighted by Crippen LogP contribution is -2.12. The average Bonchev–Trinajstić information content (AvgIpc) is 2.86. The van der Waals surface area contributed by atoms with Crippen LogP contribution in [0.3, 0.4) is 0 Å². The fourth-order valence-electron chi connectivity index (χ4n) is 3.06. The highest BCUT2D eigenvalue weighted by Gasteiger charge is 2.16. The number of hydrogen-bond acceptors (Lipinski definition) is 8. The van der Waals surface area contributed by atoms with E-state index in [0.29, 0.717) is 11.1 Å². The van der Waals surface area contributed by atoms with E-state index in [9.17, 15) is 39.9 Å². The van der Waals surface area contributed by atoms with Gasteiger partial charge in [-0.1, -0.05) is 24.3 Å². The van der Waals surface area contributed by atoms with Crippen molar-refractivity contribution < 1.29 is 24.4 Å². The van der Waals surface area contributed by atoms with Gasteiger partial charge < -0.3 is 10.6 Å². The molecule has 0 atom stereocenters. The molecule has 37 heavy (non-hydrogen) atoms. The minimum Gasteiger partial charge on any atom is -0.322 e. The molecule has 2 amide bonds. The molecule has 0 aliphatic carbocycles. The number of nitro benzene ring substituents is 3. The lowest BCUT2D eigenvalue weighted by atomic mass is 10.2. The van der Waals surface area contributed by atoms with Crippen LogP contribution in [-0.4, -0.2) is 26.6 Å². The Morgan fingerprint density at radius 3 is 1.65 bits per heavy atom. The summed E-state index contributed by atoms with van der Waals surface area (Å²) in [7, 11) is 0. The SMILES string of the molecule is O=C(/C=C/c1cccc([N+](=O)[O-])c1)Nc1ccc([N+](=O)[O-])c(NC(=O)/C=C/c2cccc([N+](=O)[O-])c2)c1. The quantitative estimate of drug-likeness (QED) is 0.238. The number of hydrogen-bond donors (Lipinski definition) is 2. The zero-order chi connectivity index (χ0) is 26.9. The molecule has 0 bridgehead atoms. The second-order valence-corrected chi connectivity index (χ2v) is 7.34. The third-order valence-corrected chi connectivity index (χ3v) is 4.74. The first kappa shape index (κ1) is 25.9. The molecule has 0 fully saturated rings. The lowest BCUT2D eigenvalue weighted by molar-refractivity contribution is -0.385. The summed E-state index contributed by atoms with van der Waals surface area (Å²) < 4.78 is 0. The van der Waals surface area contributed by atoms with E-state index in [0.717, 1.165) is 18.2 Å². The first-order chi connectivity index (χ1) is 17.6. The molecule has 3 aromatic rings. The molecule has 3 aromatic carbocycles. The molecule has 0 heterocycles. The van der Waals surface area contributed by atoms with E-state index in [1.807, 2.05) is 0 Å². The predicted octanol–water partition coefficient (Wildman–Crippen LogP) is 4.72. The Hall–Kier alpha value is -5.72. The molecule has 0 aromatic heterocycles. The van der Waals surface area contributed by atoms with Crippen LogP contribution in [0.25, 0.3) is 12.2 Å². The van der Waals surface area contributed by atoms with Crippen molar-refractivity contribution in [2.24, 2.45) is 0 Å². The first-order valence-corrected chi connectivity index (χ1v) is 10.4. The Kier molecular flexibility index (Phi) is 8.13. The predicted molar refractivity (Wildman–Crippen MR) is 135 cm³/mol. The van der Waals surface area contributed by atoms with Gasteiger partial charge in [0.25, 0.3) is 17.1 Å². The lowest BCUT2D eigenvalue weighted by Gasteiger charge is -2.07. The Bertz CT molecular complexity index is 1460. The van der Waals surface area contributed by atoms with Gasteiger partial charge in [-0.25, -0.2) is 0 Å². The Labute approximate surface area is 208 Å². The molecule has 0 saturated heterocycles. The number of amides is 2. The molecule has 13 heteroatoms. The highest BCUT2D eigenvalue weighted by Crippen LogP contribution is 2.28. The topological polar surface area (TPSA) is 188 Å². The van der Waals surface area contributed by atoms with Crippen LogP contribution in [0.4, 0.5) is 28.4 Å². The smallest absolute Gasteiger partial charge is 0.292 e. The van der Waals surface area contributed by atoms with Crippen LogP contribution in [0.15, 0.2) is 78.9 Å². The summed E-state index contributed by atoms with van der Waals surface area (Å²) >= 11 is 0. The van der Waals surface area contributed by atoms with Crippen molar-refractivity contribution in [2.45, 2.75) is 0 Å². The molecule has 0 spiro atoms. The second-order valence-electron chi connectivity index (χ2n) is 7.34. The van der Waals surface area contributed by atoms with Gasteiger partial charge in [-0.05, 0) is 35.4 Å². The van der Waals surface area contributed by atoms with Gasteiger partial charge in [-0.3, -0.25) is 39.9 Å². The Balaban J connectivity index is 1.73. The van der Waals surface area contributed by atoms with Gasteiger partial charge in [-0.15, -0.1) is 0 Å². The van der Waals surface area contributed by atoms with Gasteiger partial charge in [0.05, 0.1) is 14.8 Å². The summed E-state index contributed by atoms with van der Waals surface area (Å²) in [4.78, 5) is 55.9. The van der Waals surface area contributed by atoms with Crippen molar-refractivity contribution in [2.75, 3.05) is 10.6 Å². The monoisotopic (exact) mass is 503 g/mol. The van der Waals surface area contributed by atoms with Crippen LogP contribution >= 0.6 is 0 Å². The molecule has 0 aliphatic rings. The number of benzene rings is 3. The minimum absolute atomic E-state index is 0.136. The van der Waals surface area contributed by atoms with Crippen LogP contribution in [0.1, 0.15) is 11.1 Å². The largest absolute Gasteiger partial charge is 0.322 e. The van der Waals surface area contributed by atoms with E-state index in [-0.39, 0.29) is 22.7 Å². The molecule has 0 unspecified atom stereocenters. The molecule has 186 valence electrons. The van der Waals surface area contributed by atoms with E-state index >= 15 is 0 Å². The fraction of sp³-hybridized carbons (Fsp3) is 0. The summed E-state index contributed by atoms with van der Waals surface area (Å²) in [6, 6.07) is 14.7. The fourth-order valence-corrected chi connectivity index (χ4v) is 3.06. The van der Waals surface area contributed by atoms with Crippen LogP contribution in [-0.2, 0) is 9.59 Å². The van der Waals surface area contributed by atoms with E-state index in [4.69, 9.17) is 0 Å². The average molecular weight is 503 g/mol.